The van der Waals surface area contributed by atoms with Crippen molar-refractivity contribution in [3.05, 3.63) is 18.3 Å². The fourth-order valence-electron chi connectivity index (χ4n) is 3.00. The minimum absolute atomic E-state index is 0.0668. The number of hydrogen-bond donors (Lipinski definition) is 1. The van der Waals surface area contributed by atoms with Crippen LogP contribution in [-0.2, 0) is 9.53 Å². The van der Waals surface area contributed by atoms with Gasteiger partial charge in [0.1, 0.15) is 5.60 Å². The van der Waals surface area contributed by atoms with E-state index in [0.29, 0.717) is 24.1 Å². The molecule has 2 unspecified atom stereocenters. The van der Waals surface area contributed by atoms with E-state index in [1.807, 2.05) is 6.92 Å². The molecule has 1 aromatic rings. The maximum Gasteiger partial charge on any atom is 0.256 e. The van der Waals surface area contributed by atoms with Crippen LogP contribution >= 0.6 is 0 Å². The smallest absolute Gasteiger partial charge is 0.256 e. The van der Waals surface area contributed by atoms with Gasteiger partial charge in [-0.05, 0) is 38.2 Å². The lowest BCUT2D eigenvalue weighted by Crippen LogP contribution is -2.48. The van der Waals surface area contributed by atoms with Crippen LogP contribution in [0.5, 0.6) is 5.88 Å². The number of pyridine rings is 1. The summed E-state index contributed by atoms with van der Waals surface area (Å²) < 4.78 is 10.9. The minimum Gasteiger partial charge on any atom is -0.481 e. The summed E-state index contributed by atoms with van der Waals surface area (Å²) in [5.41, 5.74) is -0.0371. The van der Waals surface area contributed by atoms with E-state index in [9.17, 15) is 4.79 Å². The normalized spacial score (nSPS) is 25.4. The predicted octanol–water partition coefficient (Wildman–Crippen LogP) is 3.01. The Morgan fingerprint density at radius 3 is 2.90 bits per heavy atom. The third-order valence-electron chi connectivity index (χ3n) is 3.99. The van der Waals surface area contributed by atoms with E-state index in [-0.39, 0.29) is 5.91 Å². The second kappa shape index (κ2) is 6.89. The fraction of sp³-hybridized carbons (Fsp3) is 0.625. The summed E-state index contributed by atoms with van der Waals surface area (Å²) in [6, 6.07) is 3.52. The standard InChI is InChI=1S/C16H24N2O3/c1-4-21-16(9-5-6-12(2)10-16)15(19)18-13-7-8-14(20-3)17-11-13/h7-8,11-12H,4-6,9-10H2,1-3H3,(H,18,19). The molecule has 1 saturated carbocycles. The van der Waals surface area contributed by atoms with Crippen LogP contribution in [0.1, 0.15) is 39.5 Å². The number of hydrogen-bond acceptors (Lipinski definition) is 4. The molecule has 0 aliphatic heterocycles. The number of anilines is 1. The van der Waals surface area contributed by atoms with Crippen LogP contribution in [0.25, 0.3) is 0 Å². The van der Waals surface area contributed by atoms with Crippen molar-refractivity contribution >= 4 is 11.6 Å². The zero-order chi connectivity index (χ0) is 15.3. The maximum absolute atomic E-state index is 12.7. The average Bonchev–Trinajstić information content (AvgIpc) is 2.48. The molecule has 21 heavy (non-hydrogen) atoms. The number of methoxy groups -OCH3 is 1. The molecule has 1 fully saturated rings. The highest BCUT2D eigenvalue weighted by Crippen LogP contribution is 2.36. The highest BCUT2D eigenvalue weighted by molar-refractivity contribution is 5.97. The molecule has 5 heteroatoms. The average molecular weight is 292 g/mol. The van der Waals surface area contributed by atoms with Crippen LogP contribution in [0.3, 0.4) is 0 Å². The first-order valence-electron chi connectivity index (χ1n) is 7.55. The zero-order valence-electron chi connectivity index (χ0n) is 13.0. The van der Waals surface area contributed by atoms with Crippen LogP contribution in [-0.4, -0.2) is 30.2 Å². The van der Waals surface area contributed by atoms with E-state index in [4.69, 9.17) is 9.47 Å². The van der Waals surface area contributed by atoms with Gasteiger partial charge in [0.2, 0.25) is 5.88 Å². The van der Waals surface area contributed by atoms with Crippen molar-refractivity contribution in [3.8, 4) is 5.88 Å². The Balaban J connectivity index is 2.10. The van der Waals surface area contributed by atoms with E-state index >= 15 is 0 Å². The molecular formula is C16H24N2O3. The maximum atomic E-state index is 12.7. The number of carbonyl (C=O) groups excluding carboxylic acids is 1. The number of aromatic nitrogens is 1. The van der Waals surface area contributed by atoms with Gasteiger partial charge in [0.25, 0.3) is 5.91 Å². The molecule has 1 aromatic heterocycles. The van der Waals surface area contributed by atoms with E-state index < -0.39 is 5.60 Å². The van der Waals surface area contributed by atoms with Crippen LogP contribution in [0.2, 0.25) is 0 Å². The summed E-state index contributed by atoms with van der Waals surface area (Å²) >= 11 is 0. The lowest BCUT2D eigenvalue weighted by atomic mass is 9.78. The van der Waals surface area contributed by atoms with Gasteiger partial charge in [-0.1, -0.05) is 13.3 Å². The number of nitrogens with one attached hydrogen (secondary N) is 1. The van der Waals surface area contributed by atoms with Crippen molar-refractivity contribution in [3.63, 3.8) is 0 Å². The second-order valence-electron chi connectivity index (χ2n) is 5.67. The molecule has 0 radical (unpaired) electrons. The number of amides is 1. The topological polar surface area (TPSA) is 60.5 Å². The molecule has 2 rings (SSSR count). The summed E-state index contributed by atoms with van der Waals surface area (Å²) in [5, 5.41) is 2.93. The van der Waals surface area contributed by atoms with Gasteiger partial charge in [0.15, 0.2) is 0 Å². The number of nitrogens with zero attached hydrogens (tertiary/aromatic N) is 1. The molecule has 116 valence electrons. The molecule has 1 amide bonds. The molecule has 1 aliphatic carbocycles. The van der Waals surface area contributed by atoms with Gasteiger partial charge in [-0.25, -0.2) is 4.98 Å². The Labute approximate surface area is 126 Å². The SMILES string of the molecule is CCOC1(C(=O)Nc2ccc(OC)nc2)CCCC(C)C1. The summed E-state index contributed by atoms with van der Waals surface area (Å²) in [5.74, 6) is 0.965. The zero-order valence-corrected chi connectivity index (χ0v) is 13.0. The van der Waals surface area contributed by atoms with Crippen molar-refractivity contribution in [1.29, 1.82) is 0 Å². The van der Waals surface area contributed by atoms with Crippen molar-refractivity contribution in [2.45, 2.75) is 45.1 Å². The van der Waals surface area contributed by atoms with E-state index in [1.54, 1.807) is 25.4 Å². The largest absolute Gasteiger partial charge is 0.481 e. The molecule has 1 heterocycles. The molecule has 1 N–H and O–H groups in total. The number of ether oxygens (including phenoxy) is 2. The first-order chi connectivity index (χ1) is 10.1. The quantitative estimate of drug-likeness (QED) is 0.906. The monoisotopic (exact) mass is 292 g/mol. The Bertz CT molecular complexity index is 471. The van der Waals surface area contributed by atoms with Crippen molar-refractivity contribution in [2.75, 3.05) is 19.0 Å². The molecule has 0 saturated heterocycles. The van der Waals surface area contributed by atoms with Gasteiger partial charge in [0.05, 0.1) is 19.0 Å². The van der Waals surface area contributed by atoms with Gasteiger partial charge in [-0.2, -0.15) is 0 Å². The van der Waals surface area contributed by atoms with Crippen LogP contribution in [0.4, 0.5) is 5.69 Å². The summed E-state index contributed by atoms with van der Waals surface area (Å²) in [6.07, 6.45) is 5.33. The van der Waals surface area contributed by atoms with E-state index in [0.717, 1.165) is 25.7 Å². The van der Waals surface area contributed by atoms with Gasteiger partial charge in [-0.15, -0.1) is 0 Å². The van der Waals surface area contributed by atoms with Gasteiger partial charge in [-0.3, -0.25) is 4.79 Å². The Kier molecular flexibility index (Phi) is 5.17. The van der Waals surface area contributed by atoms with Gasteiger partial charge >= 0.3 is 0 Å². The first kappa shape index (κ1) is 15.8. The third kappa shape index (κ3) is 3.73. The van der Waals surface area contributed by atoms with Crippen molar-refractivity contribution < 1.29 is 14.3 Å². The highest BCUT2D eigenvalue weighted by atomic mass is 16.5. The van der Waals surface area contributed by atoms with Gasteiger partial charge in [0, 0.05) is 12.7 Å². The third-order valence-corrected chi connectivity index (χ3v) is 3.99. The molecule has 0 spiro atoms. The van der Waals surface area contributed by atoms with Crippen LogP contribution in [0.15, 0.2) is 18.3 Å². The molecule has 1 aliphatic rings. The van der Waals surface area contributed by atoms with Crippen molar-refractivity contribution in [2.24, 2.45) is 5.92 Å². The predicted molar refractivity (Wildman–Crippen MR) is 81.4 cm³/mol. The molecular weight excluding hydrogens is 268 g/mol. The Morgan fingerprint density at radius 2 is 2.33 bits per heavy atom. The highest BCUT2D eigenvalue weighted by Gasteiger charge is 2.42. The summed E-state index contributed by atoms with van der Waals surface area (Å²) in [7, 11) is 1.56. The summed E-state index contributed by atoms with van der Waals surface area (Å²) in [6.45, 7) is 4.65. The second-order valence-corrected chi connectivity index (χ2v) is 5.67. The molecule has 2 atom stereocenters. The minimum atomic E-state index is -0.702. The van der Waals surface area contributed by atoms with Crippen molar-refractivity contribution in [1.82, 2.24) is 4.98 Å². The van der Waals surface area contributed by atoms with Crippen LogP contribution in [0, 0.1) is 5.92 Å². The Hall–Kier alpha value is -1.62. The van der Waals surface area contributed by atoms with Crippen LogP contribution < -0.4 is 10.1 Å². The first-order valence-corrected chi connectivity index (χ1v) is 7.55. The lowest BCUT2D eigenvalue weighted by Gasteiger charge is -2.38. The number of carbonyl (C=O) groups is 1. The number of rotatable bonds is 5. The molecule has 5 nitrogen and oxygen atoms in total. The molecule has 0 aromatic carbocycles. The summed E-state index contributed by atoms with van der Waals surface area (Å²) in [4.78, 5) is 16.8. The lowest BCUT2D eigenvalue weighted by molar-refractivity contribution is -0.147. The van der Waals surface area contributed by atoms with E-state index in [1.165, 1.54) is 0 Å². The Morgan fingerprint density at radius 1 is 1.52 bits per heavy atom. The fourth-order valence-corrected chi connectivity index (χ4v) is 3.00. The molecule has 0 bridgehead atoms. The van der Waals surface area contributed by atoms with E-state index in [2.05, 4.69) is 17.2 Å². The van der Waals surface area contributed by atoms with Gasteiger partial charge < -0.3 is 14.8 Å².